The monoisotopic (exact) mass is 168 g/mol. The molecule has 0 N–H and O–H groups in total. The molecule has 66 valence electrons. The van der Waals surface area contributed by atoms with Crippen LogP contribution in [0, 0.1) is 0 Å². The molecule has 4 heteroatoms. The second-order valence-corrected chi connectivity index (χ2v) is 1.97. The van der Waals surface area contributed by atoms with Crippen LogP contribution in [0.5, 0.6) is 0 Å². The highest BCUT2D eigenvalue weighted by atomic mass is 16.5. The van der Waals surface area contributed by atoms with Crippen LogP contribution in [0.25, 0.3) is 0 Å². The van der Waals surface area contributed by atoms with Gasteiger partial charge >= 0.3 is 6.09 Å². The molecule has 0 aliphatic rings. The minimum atomic E-state index is -0.468. The summed E-state index contributed by atoms with van der Waals surface area (Å²) in [5.74, 6) is 0. The number of ether oxygens (including phenoxy) is 1. The van der Waals surface area contributed by atoms with E-state index >= 15 is 0 Å². The van der Waals surface area contributed by atoms with Gasteiger partial charge in [0, 0.05) is 13.2 Å². The number of nitrogens with zero attached hydrogens (tertiary/aromatic N) is 2. The van der Waals surface area contributed by atoms with Gasteiger partial charge in [0.1, 0.15) is 0 Å². The zero-order chi connectivity index (χ0) is 9.56. The number of hydrogen-bond donors (Lipinski definition) is 0. The Morgan fingerprint density at radius 1 is 1.67 bits per heavy atom. The minimum Gasteiger partial charge on any atom is -0.452 e. The number of carbonyl (C=O) groups is 1. The lowest BCUT2D eigenvalue weighted by Crippen LogP contribution is -2.24. The lowest BCUT2D eigenvalue weighted by molar-refractivity contribution is 0.144. The van der Waals surface area contributed by atoms with Gasteiger partial charge in [-0.25, -0.2) is 4.79 Å². The van der Waals surface area contributed by atoms with Crippen LogP contribution in [0.1, 0.15) is 0 Å². The molecule has 0 aromatic rings. The summed E-state index contributed by atoms with van der Waals surface area (Å²) < 4.78 is 4.48. The first-order valence-corrected chi connectivity index (χ1v) is 3.27. The summed E-state index contributed by atoms with van der Waals surface area (Å²) in [5, 5.41) is 0. The minimum absolute atomic E-state index is 0.468. The first-order chi connectivity index (χ1) is 5.67. The van der Waals surface area contributed by atoms with Crippen molar-refractivity contribution in [1.29, 1.82) is 0 Å². The third-order valence-corrected chi connectivity index (χ3v) is 1.27. The van der Waals surface area contributed by atoms with Gasteiger partial charge in [-0.05, 0) is 12.8 Å². The molecule has 0 saturated heterocycles. The molecule has 0 unspecified atom stereocenters. The summed E-state index contributed by atoms with van der Waals surface area (Å²) >= 11 is 0. The number of carbonyl (C=O) groups excluding carboxylic acids is 1. The van der Waals surface area contributed by atoms with Crippen LogP contribution >= 0.6 is 0 Å². The van der Waals surface area contributed by atoms with E-state index < -0.39 is 6.09 Å². The van der Waals surface area contributed by atoms with Crippen LogP contribution in [0.2, 0.25) is 0 Å². The largest absolute Gasteiger partial charge is 0.452 e. The summed E-state index contributed by atoms with van der Waals surface area (Å²) in [6.07, 6.45) is 2.44. The molecule has 0 bridgehead atoms. The molecule has 4 nitrogen and oxygen atoms in total. The van der Waals surface area contributed by atoms with Gasteiger partial charge in [-0.2, -0.15) is 0 Å². The summed E-state index contributed by atoms with van der Waals surface area (Å²) in [7, 11) is 2.87. The van der Waals surface area contributed by atoms with Crippen molar-refractivity contribution >= 4 is 12.8 Å². The molecule has 12 heavy (non-hydrogen) atoms. The molecule has 0 rings (SSSR count). The van der Waals surface area contributed by atoms with E-state index in [0.717, 1.165) is 0 Å². The number of amides is 1. The Bertz CT molecular complexity index is 221. The van der Waals surface area contributed by atoms with Crippen molar-refractivity contribution < 1.29 is 9.53 Å². The molecule has 0 spiro atoms. The Hall–Kier alpha value is -1.58. The molecule has 0 heterocycles. The summed E-state index contributed by atoms with van der Waals surface area (Å²) in [5.41, 5.74) is 0.539. The number of allylic oxidation sites excluding steroid dienone is 1. The van der Waals surface area contributed by atoms with Crippen molar-refractivity contribution in [2.75, 3.05) is 14.2 Å². The predicted molar refractivity (Wildman–Crippen MR) is 48.0 cm³/mol. The van der Waals surface area contributed by atoms with E-state index in [1.54, 1.807) is 7.05 Å². The van der Waals surface area contributed by atoms with E-state index in [1.165, 1.54) is 24.3 Å². The van der Waals surface area contributed by atoms with Crippen LogP contribution in [0.15, 0.2) is 29.5 Å². The van der Waals surface area contributed by atoms with Crippen molar-refractivity contribution in [2.45, 2.75) is 0 Å². The molecular formula is C8H12N2O2. The second kappa shape index (κ2) is 5.12. The van der Waals surface area contributed by atoms with Gasteiger partial charge < -0.3 is 4.74 Å². The van der Waals surface area contributed by atoms with Crippen LogP contribution in [0.3, 0.4) is 0 Å². The van der Waals surface area contributed by atoms with Crippen LogP contribution in [-0.2, 0) is 4.74 Å². The first kappa shape index (κ1) is 10.4. The lowest BCUT2D eigenvalue weighted by Gasteiger charge is -2.15. The Balaban J connectivity index is 4.51. The van der Waals surface area contributed by atoms with Gasteiger partial charge in [0.2, 0.25) is 0 Å². The van der Waals surface area contributed by atoms with Gasteiger partial charge in [0.05, 0.1) is 12.8 Å². The highest BCUT2D eigenvalue weighted by Gasteiger charge is 2.09. The van der Waals surface area contributed by atoms with E-state index in [9.17, 15) is 4.79 Å². The molecule has 0 aromatic carbocycles. The Labute approximate surface area is 71.8 Å². The van der Waals surface area contributed by atoms with Gasteiger partial charge in [-0.3, -0.25) is 9.89 Å². The number of rotatable bonds is 3. The van der Waals surface area contributed by atoms with E-state index in [4.69, 9.17) is 0 Å². The SMILES string of the molecule is C=C/C(=C\N=C)N(C)C(=O)OC. The number of aliphatic imine (C=N–C) groups is 1. The van der Waals surface area contributed by atoms with Crippen molar-refractivity contribution in [1.82, 2.24) is 4.90 Å². The zero-order valence-electron chi connectivity index (χ0n) is 7.28. The third kappa shape index (κ3) is 2.57. The van der Waals surface area contributed by atoms with Crippen molar-refractivity contribution in [3.8, 4) is 0 Å². The molecule has 0 fully saturated rings. The maximum atomic E-state index is 10.9. The standard InChI is InChI=1S/C8H12N2O2/c1-5-7(6-9-2)10(3)8(11)12-4/h5-6H,1-2H2,3-4H3/b7-6+. The van der Waals surface area contributed by atoms with Crippen molar-refractivity contribution in [2.24, 2.45) is 4.99 Å². The Kier molecular flexibility index (Phi) is 4.45. The van der Waals surface area contributed by atoms with Crippen LogP contribution in [-0.4, -0.2) is 31.9 Å². The zero-order valence-corrected chi connectivity index (χ0v) is 7.28. The van der Waals surface area contributed by atoms with Gasteiger partial charge in [0.15, 0.2) is 0 Å². The quantitative estimate of drug-likeness (QED) is 0.472. The molecular weight excluding hydrogens is 156 g/mol. The summed E-state index contributed by atoms with van der Waals surface area (Å²) in [4.78, 5) is 15.7. The molecule has 0 aromatic heterocycles. The maximum Gasteiger partial charge on any atom is 0.413 e. The average molecular weight is 168 g/mol. The number of methoxy groups -OCH3 is 1. The van der Waals surface area contributed by atoms with Gasteiger partial charge in [0.25, 0.3) is 0 Å². The molecule has 0 radical (unpaired) electrons. The molecule has 0 saturated carbocycles. The second-order valence-electron chi connectivity index (χ2n) is 1.97. The highest BCUT2D eigenvalue weighted by molar-refractivity contribution is 5.70. The molecule has 1 amide bonds. The Morgan fingerprint density at radius 3 is 2.58 bits per heavy atom. The number of likely N-dealkylation sites (N-methyl/N-ethyl adjacent to an activating group) is 1. The molecule has 0 aliphatic carbocycles. The maximum absolute atomic E-state index is 10.9. The topological polar surface area (TPSA) is 41.9 Å². The van der Waals surface area contributed by atoms with Crippen LogP contribution in [0.4, 0.5) is 4.79 Å². The van der Waals surface area contributed by atoms with E-state index in [-0.39, 0.29) is 0 Å². The van der Waals surface area contributed by atoms with E-state index in [1.807, 2.05) is 0 Å². The fraction of sp³-hybridized carbons (Fsp3) is 0.250. The fourth-order valence-corrected chi connectivity index (χ4v) is 0.612. The normalized spacial score (nSPS) is 10.3. The molecule has 0 atom stereocenters. The number of hydrogen-bond acceptors (Lipinski definition) is 3. The van der Waals surface area contributed by atoms with Gasteiger partial charge in [-0.1, -0.05) is 6.58 Å². The smallest absolute Gasteiger partial charge is 0.413 e. The summed E-state index contributed by atoms with van der Waals surface area (Å²) in [6, 6.07) is 0. The van der Waals surface area contributed by atoms with Crippen molar-refractivity contribution in [3.05, 3.63) is 24.6 Å². The third-order valence-electron chi connectivity index (χ3n) is 1.27. The van der Waals surface area contributed by atoms with E-state index in [2.05, 4.69) is 23.0 Å². The van der Waals surface area contributed by atoms with Crippen LogP contribution < -0.4 is 0 Å². The highest BCUT2D eigenvalue weighted by Crippen LogP contribution is 2.03. The fourth-order valence-electron chi connectivity index (χ4n) is 0.612. The molecule has 0 aliphatic heterocycles. The lowest BCUT2D eigenvalue weighted by atomic mass is 10.4. The van der Waals surface area contributed by atoms with Crippen molar-refractivity contribution in [3.63, 3.8) is 0 Å². The van der Waals surface area contributed by atoms with Gasteiger partial charge in [-0.15, -0.1) is 0 Å². The predicted octanol–water partition coefficient (Wildman–Crippen LogP) is 1.41. The average Bonchev–Trinajstić information content (AvgIpc) is 2.11. The van der Waals surface area contributed by atoms with E-state index in [0.29, 0.717) is 5.70 Å². The first-order valence-electron chi connectivity index (χ1n) is 3.27. The summed E-state index contributed by atoms with van der Waals surface area (Å²) in [6.45, 7) is 6.77. The Morgan fingerprint density at radius 2 is 2.25 bits per heavy atom.